The average Bonchev–Trinajstić information content (AvgIpc) is 2.96. The second-order valence-electron chi connectivity index (χ2n) is 3.80. The highest BCUT2D eigenvalue weighted by Gasteiger charge is 2.21. The number of aromatic nitrogens is 3. The molecule has 0 saturated heterocycles. The van der Waals surface area contributed by atoms with E-state index >= 15 is 0 Å². The van der Waals surface area contributed by atoms with Crippen molar-refractivity contribution in [3.05, 3.63) is 18.3 Å². The number of fused-ring (bicyclic) bond motifs is 1. The number of hydrogen-bond donors (Lipinski definition) is 2. The molecule has 0 aliphatic heterocycles. The van der Waals surface area contributed by atoms with Crippen LogP contribution in [0.4, 0.5) is 5.82 Å². The van der Waals surface area contributed by atoms with Gasteiger partial charge in [-0.25, -0.2) is 0 Å². The number of nitrogens with one attached hydrogen (secondary N) is 2. The highest BCUT2D eigenvalue weighted by molar-refractivity contribution is 5.85. The summed E-state index contributed by atoms with van der Waals surface area (Å²) in [5.41, 5.74) is 1.93. The van der Waals surface area contributed by atoms with Crippen molar-refractivity contribution in [2.45, 2.75) is 12.8 Å². The van der Waals surface area contributed by atoms with Gasteiger partial charge in [-0.1, -0.05) is 0 Å². The monoisotopic (exact) mass is 188 g/mol. The molecule has 72 valence electrons. The first-order valence-electron chi connectivity index (χ1n) is 4.96. The number of hydrogen-bond acceptors (Lipinski definition) is 3. The quantitative estimate of drug-likeness (QED) is 0.772. The molecule has 1 aliphatic rings. The van der Waals surface area contributed by atoms with Crippen molar-refractivity contribution in [2.75, 3.05) is 11.9 Å². The van der Waals surface area contributed by atoms with Crippen LogP contribution in [0.25, 0.3) is 11.0 Å². The lowest BCUT2D eigenvalue weighted by Crippen LogP contribution is -2.03. The number of nitrogens with zero attached hydrogens (tertiary/aromatic N) is 2. The van der Waals surface area contributed by atoms with Crippen molar-refractivity contribution >= 4 is 16.9 Å². The van der Waals surface area contributed by atoms with E-state index in [9.17, 15) is 0 Å². The maximum atomic E-state index is 4.28. The van der Waals surface area contributed by atoms with Gasteiger partial charge >= 0.3 is 0 Å². The third-order valence-corrected chi connectivity index (χ3v) is 2.58. The Morgan fingerprint density at radius 3 is 3.29 bits per heavy atom. The van der Waals surface area contributed by atoms with Crippen LogP contribution in [0.2, 0.25) is 0 Å². The van der Waals surface area contributed by atoms with Gasteiger partial charge in [-0.15, -0.1) is 0 Å². The number of rotatable bonds is 3. The second kappa shape index (κ2) is 2.97. The van der Waals surface area contributed by atoms with Gasteiger partial charge in [-0.3, -0.25) is 10.1 Å². The van der Waals surface area contributed by atoms with Crippen LogP contribution in [-0.2, 0) is 0 Å². The predicted molar refractivity (Wildman–Crippen MR) is 55.1 cm³/mol. The molecule has 0 amide bonds. The predicted octanol–water partition coefficient (Wildman–Crippen LogP) is 1.78. The number of pyridine rings is 1. The summed E-state index contributed by atoms with van der Waals surface area (Å²) >= 11 is 0. The molecular formula is C10H12N4. The Bertz CT molecular complexity index is 444. The van der Waals surface area contributed by atoms with Crippen molar-refractivity contribution in [2.24, 2.45) is 5.92 Å². The van der Waals surface area contributed by atoms with Crippen LogP contribution in [0.3, 0.4) is 0 Å². The van der Waals surface area contributed by atoms with Crippen LogP contribution < -0.4 is 5.32 Å². The van der Waals surface area contributed by atoms with Gasteiger partial charge in [0.2, 0.25) is 0 Å². The zero-order chi connectivity index (χ0) is 9.38. The standard InChI is InChI=1S/C10H12N4/c1-2-8-9(11-5-1)10(14-13-8)12-6-7-3-4-7/h1-2,5,7H,3-4,6H2,(H2,12,13,14). The molecule has 2 heterocycles. The topological polar surface area (TPSA) is 53.6 Å². The average molecular weight is 188 g/mol. The molecule has 1 aliphatic carbocycles. The molecule has 0 unspecified atom stereocenters. The Hall–Kier alpha value is -1.58. The van der Waals surface area contributed by atoms with Gasteiger partial charge in [0.25, 0.3) is 0 Å². The van der Waals surface area contributed by atoms with Gasteiger partial charge in [0.05, 0.1) is 5.52 Å². The molecule has 4 heteroatoms. The molecule has 1 saturated carbocycles. The van der Waals surface area contributed by atoms with E-state index in [4.69, 9.17) is 0 Å². The van der Waals surface area contributed by atoms with E-state index in [1.165, 1.54) is 12.8 Å². The molecule has 14 heavy (non-hydrogen) atoms. The third-order valence-electron chi connectivity index (χ3n) is 2.58. The van der Waals surface area contributed by atoms with Gasteiger partial charge in [-0.2, -0.15) is 5.10 Å². The maximum absolute atomic E-state index is 4.28. The molecular weight excluding hydrogens is 176 g/mol. The van der Waals surface area contributed by atoms with Crippen molar-refractivity contribution in [3.63, 3.8) is 0 Å². The second-order valence-corrected chi connectivity index (χ2v) is 3.80. The number of anilines is 1. The Labute approximate surface area is 81.7 Å². The molecule has 0 spiro atoms. The number of aromatic amines is 1. The van der Waals surface area contributed by atoms with Crippen LogP contribution in [0, 0.1) is 5.92 Å². The summed E-state index contributed by atoms with van der Waals surface area (Å²) < 4.78 is 0. The first kappa shape index (κ1) is 7.79. The zero-order valence-corrected chi connectivity index (χ0v) is 7.83. The van der Waals surface area contributed by atoms with Crippen LogP contribution in [0.5, 0.6) is 0 Å². The first-order chi connectivity index (χ1) is 6.93. The van der Waals surface area contributed by atoms with Gasteiger partial charge < -0.3 is 5.32 Å². The Balaban J connectivity index is 1.87. The molecule has 3 rings (SSSR count). The van der Waals surface area contributed by atoms with Gasteiger partial charge in [0.15, 0.2) is 5.82 Å². The van der Waals surface area contributed by atoms with Crippen molar-refractivity contribution in [1.29, 1.82) is 0 Å². The minimum Gasteiger partial charge on any atom is -0.367 e. The van der Waals surface area contributed by atoms with E-state index in [-0.39, 0.29) is 0 Å². The first-order valence-corrected chi connectivity index (χ1v) is 4.96. The molecule has 0 bridgehead atoms. The normalized spacial score (nSPS) is 16.0. The molecule has 2 aromatic heterocycles. The summed E-state index contributed by atoms with van der Waals surface area (Å²) in [6, 6.07) is 3.89. The molecule has 4 nitrogen and oxygen atoms in total. The van der Waals surface area contributed by atoms with Crippen LogP contribution >= 0.6 is 0 Å². The maximum Gasteiger partial charge on any atom is 0.174 e. The van der Waals surface area contributed by atoms with Crippen LogP contribution in [0.15, 0.2) is 18.3 Å². The van der Waals surface area contributed by atoms with E-state index in [2.05, 4.69) is 20.5 Å². The minimum absolute atomic E-state index is 0.852. The Morgan fingerprint density at radius 2 is 2.43 bits per heavy atom. The van der Waals surface area contributed by atoms with Crippen molar-refractivity contribution in [1.82, 2.24) is 15.2 Å². The largest absolute Gasteiger partial charge is 0.367 e. The summed E-state index contributed by atoms with van der Waals surface area (Å²) in [7, 11) is 0. The van der Waals surface area contributed by atoms with Gasteiger partial charge in [-0.05, 0) is 30.9 Å². The smallest absolute Gasteiger partial charge is 0.174 e. The summed E-state index contributed by atoms with van der Waals surface area (Å²) in [4.78, 5) is 4.28. The summed E-state index contributed by atoms with van der Waals surface area (Å²) in [5, 5.41) is 10.5. The van der Waals surface area contributed by atoms with Crippen molar-refractivity contribution < 1.29 is 0 Å². The molecule has 0 radical (unpaired) electrons. The third kappa shape index (κ3) is 1.32. The summed E-state index contributed by atoms with van der Waals surface area (Å²) in [6.07, 6.45) is 4.49. The van der Waals surface area contributed by atoms with Gasteiger partial charge in [0, 0.05) is 12.7 Å². The lowest BCUT2D eigenvalue weighted by Gasteiger charge is -1.99. The molecule has 0 aromatic carbocycles. The zero-order valence-electron chi connectivity index (χ0n) is 7.83. The van der Waals surface area contributed by atoms with E-state index in [0.29, 0.717) is 0 Å². The summed E-state index contributed by atoms with van der Waals surface area (Å²) in [6.45, 7) is 1.02. The highest BCUT2D eigenvalue weighted by Crippen LogP contribution is 2.29. The lowest BCUT2D eigenvalue weighted by atomic mass is 10.3. The SMILES string of the molecule is c1cnc2c(NCC3CC3)n[nH]c2c1. The van der Waals surface area contributed by atoms with Crippen LogP contribution in [-0.4, -0.2) is 21.7 Å². The fourth-order valence-electron chi connectivity index (χ4n) is 1.54. The summed E-state index contributed by atoms with van der Waals surface area (Å²) in [5.74, 6) is 1.73. The van der Waals surface area contributed by atoms with E-state index in [0.717, 1.165) is 29.3 Å². The van der Waals surface area contributed by atoms with Gasteiger partial charge in [0.1, 0.15) is 5.52 Å². The van der Waals surface area contributed by atoms with Crippen LogP contribution in [0.1, 0.15) is 12.8 Å². The Morgan fingerprint density at radius 1 is 1.50 bits per heavy atom. The number of H-pyrrole nitrogens is 1. The molecule has 2 aromatic rings. The lowest BCUT2D eigenvalue weighted by molar-refractivity contribution is 0.881. The van der Waals surface area contributed by atoms with E-state index < -0.39 is 0 Å². The Kier molecular flexibility index (Phi) is 1.65. The fraction of sp³-hybridized carbons (Fsp3) is 0.400. The van der Waals surface area contributed by atoms with E-state index in [1.54, 1.807) is 6.20 Å². The fourth-order valence-corrected chi connectivity index (χ4v) is 1.54. The van der Waals surface area contributed by atoms with E-state index in [1.807, 2.05) is 12.1 Å². The molecule has 0 atom stereocenters. The highest BCUT2D eigenvalue weighted by atomic mass is 15.2. The minimum atomic E-state index is 0.852. The van der Waals surface area contributed by atoms with Crippen molar-refractivity contribution in [3.8, 4) is 0 Å². The molecule has 2 N–H and O–H groups in total. The molecule has 1 fully saturated rings.